The highest BCUT2D eigenvalue weighted by Crippen LogP contribution is 2.29. The summed E-state index contributed by atoms with van der Waals surface area (Å²) < 4.78 is 2.10. The molecule has 0 aliphatic heterocycles. The molecule has 0 atom stereocenters. The third-order valence-corrected chi connectivity index (χ3v) is 4.23. The van der Waals surface area contributed by atoms with Crippen LogP contribution < -0.4 is 11.1 Å². The summed E-state index contributed by atoms with van der Waals surface area (Å²) in [5.41, 5.74) is 8.51. The van der Waals surface area contributed by atoms with Gasteiger partial charge in [-0.15, -0.1) is 0 Å². The lowest BCUT2D eigenvalue weighted by Crippen LogP contribution is -2.09. The fraction of sp³-hybridized carbons (Fsp3) is 0. The Balaban J connectivity index is 2.30. The topological polar surface area (TPSA) is 38.0 Å². The van der Waals surface area contributed by atoms with Crippen molar-refractivity contribution in [2.75, 3.05) is 5.32 Å². The number of para-hydroxylation sites is 1. The maximum absolute atomic E-state index is 5.60. The van der Waals surface area contributed by atoms with Crippen LogP contribution in [0.15, 0.2) is 46.9 Å². The number of hydrogen-bond acceptors (Lipinski definition) is 2. The molecule has 0 spiro atoms. The molecular formula is C13H10BrIN2S. The lowest BCUT2D eigenvalue weighted by molar-refractivity contribution is 1.49. The molecule has 0 bridgehead atoms. The molecule has 0 radical (unpaired) electrons. The van der Waals surface area contributed by atoms with Crippen molar-refractivity contribution in [2.45, 2.75) is 0 Å². The van der Waals surface area contributed by atoms with Crippen molar-refractivity contribution in [1.82, 2.24) is 0 Å². The first-order valence-corrected chi connectivity index (χ1v) is 7.47. The van der Waals surface area contributed by atoms with E-state index in [0.29, 0.717) is 4.99 Å². The van der Waals surface area contributed by atoms with Crippen LogP contribution in [0.3, 0.4) is 0 Å². The standard InChI is InChI=1S/C13H10BrIN2S/c14-9-7-8(13(16)18)5-6-11(9)17-12-4-2-1-3-10(12)15/h1-7,17H,(H2,16,18). The van der Waals surface area contributed by atoms with Crippen LogP contribution in [-0.4, -0.2) is 4.99 Å². The number of anilines is 2. The van der Waals surface area contributed by atoms with Crippen LogP contribution in [0.25, 0.3) is 0 Å². The second-order valence-electron chi connectivity index (χ2n) is 3.66. The monoisotopic (exact) mass is 432 g/mol. The number of benzene rings is 2. The van der Waals surface area contributed by atoms with Gasteiger partial charge in [0.25, 0.3) is 0 Å². The number of halogens is 2. The predicted molar refractivity (Wildman–Crippen MR) is 92.5 cm³/mol. The van der Waals surface area contributed by atoms with Crippen molar-refractivity contribution in [3.05, 3.63) is 56.1 Å². The maximum atomic E-state index is 5.60. The summed E-state index contributed by atoms with van der Waals surface area (Å²) in [5.74, 6) is 0. The van der Waals surface area contributed by atoms with Gasteiger partial charge >= 0.3 is 0 Å². The summed E-state index contributed by atoms with van der Waals surface area (Å²) in [6, 6.07) is 13.9. The molecule has 0 aromatic heterocycles. The van der Waals surface area contributed by atoms with Gasteiger partial charge in [0.05, 0.1) is 11.4 Å². The van der Waals surface area contributed by atoms with Crippen LogP contribution in [0.5, 0.6) is 0 Å². The Kier molecular flexibility index (Phi) is 4.58. The molecule has 0 aliphatic carbocycles. The highest BCUT2D eigenvalue weighted by molar-refractivity contribution is 14.1. The third kappa shape index (κ3) is 3.21. The minimum absolute atomic E-state index is 0.400. The minimum Gasteiger partial charge on any atom is -0.389 e. The van der Waals surface area contributed by atoms with E-state index in [0.717, 1.165) is 21.4 Å². The average Bonchev–Trinajstić information content (AvgIpc) is 2.34. The van der Waals surface area contributed by atoms with Crippen LogP contribution >= 0.6 is 50.7 Å². The molecule has 0 saturated heterocycles. The molecule has 0 heterocycles. The molecule has 0 unspecified atom stereocenters. The quantitative estimate of drug-likeness (QED) is 0.556. The van der Waals surface area contributed by atoms with Crippen molar-refractivity contribution < 1.29 is 0 Å². The van der Waals surface area contributed by atoms with Gasteiger partial charge in [0, 0.05) is 13.6 Å². The van der Waals surface area contributed by atoms with Gasteiger partial charge in [-0.25, -0.2) is 0 Å². The van der Waals surface area contributed by atoms with Crippen molar-refractivity contribution in [2.24, 2.45) is 5.73 Å². The first kappa shape index (κ1) is 13.8. The second-order valence-corrected chi connectivity index (χ2v) is 6.12. The fourth-order valence-electron chi connectivity index (χ4n) is 1.48. The van der Waals surface area contributed by atoms with Gasteiger partial charge in [-0.2, -0.15) is 0 Å². The first-order valence-electron chi connectivity index (χ1n) is 5.19. The number of rotatable bonds is 3. The van der Waals surface area contributed by atoms with E-state index in [1.54, 1.807) is 0 Å². The molecule has 0 amide bonds. The van der Waals surface area contributed by atoms with Gasteiger partial charge in [-0.05, 0) is 68.9 Å². The molecule has 5 heteroatoms. The van der Waals surface area contributed by atoms with Gasteiger partial charge in [-0.1, -0.05) is 24.4 Å². The minimum atomic E-state index is 0.400. The molecule has 2 rings (SSSR count). The normalized spacial score (nSPS) is 10.1. The summed E-state index contributed by atoms with van der Waals surface area (Å²) in [5, 5.41) is 3.37. The molecule has 3 N–H and O–H groups in total. The Morgan fingerprint density at radius 1 is 1.17 bits per heavy atom. The number of nitrogens with two attached hydrogens (primary N) is 1. The fourth-order valence-corrected chi connectivity index (χ4v) is 2.60. The van der Waals surface area contributed by atoms with E-state index in [-0.39, 0.29) is 0 Å². The Hall–Kier alpha value is -0.660. The SMILES string of the molecule is NC(=S)c1ccc(Nc2ccccc2I)c(Br)c1. The second kappa shape index (κ2) is 5.99. The summed E-state index contributed by atoms with van der Waals surface area (Å²) in [7, 11) is 0. The van der Waals surface area contributed by atoms with Crippen molar-refractivity contribution in [1.29, 1.82) is 0 Å². The molecule has 2 aromatic carbocycles. The third-order valence-electron chi connectivity index (χ3n) is 2.40. The van der Waals surface area contributed by atoms with E-state index in [4.69, 9.17) is 18.0 Å². The van der Waals surface area contributed by atoms with E-state index in [2.05, 4.69) is 49.9 Å². The molecule has 92 valence electrons. The average molecular weight is 433 g/mol. The number of hydrogen-bond donors (Lipinski definition) is 2. The van der Waals surface area contributed by atoms with Crippen molar-refractivity contribution in [3.8, 4) is 0 Å². The predicted octanol–water partition coefficient (Wildman–Crippen LogP) is 4.43. The van der Waals surface area contributed by atoms with Crippen LogP contribution in [0.2, 0.25) is 0 Å². The smallest absolute Gasteiger partial charge is 0.104 e. The molecule has 0 saturated carbocycles. The highest BCUT2D eigenvalue weighted by Gasteiger charge is 2.05. The molecule has 18 heavy (non-hydrogen) atoms. The van der Waals surface area contributed by atoms with E-state index in [9.17, 15) is 0 Å². The van der Waals surface area contributed by atoms with Crippen LogP contribution in [0.4, 0.5) is 11.4 Å². The van der Waals surface area contributed by atoms with Crippen LogP contribution in [0, 0.1) is 3.57 Å². The summed E-state index contributed by atoms with van der Waals surface area (Å²) in [6.07, 6.45) is 0. The number of thiocarbonyl (C=S) groups is 1. The lowest BCUT2D eigenvalue weighted by Gasteiger charge is -2.11. The zero-order valence-electron chi connectivity index (χ0n) is 9.28. The Bertz CT molecular complexity index is 601. The summed E-state index contributed by atoms with van der Waals surface area (Å²) >= 11 is 10.8. The van der Waals surface area contributed by atoms with Gasteiger partial charge in [0.1, 0.15) is 4.99 Å². The Morgan fingerprint density at radius 2 is 1.89 bits per heavy atom. The van der Waals surface area contributed by atoms with E-state index < -0.39 is 0 Å². The molecule has 0 fully saturated rings. The van der Waals surface area contributed by atoms with Gasteiger partial charge in [0.2, 0.25) is 0 Å². The van der Waals surface area contributed by atoms with Crippen LogP contribution in [-0.2, 0) is 0 Å². The lowest BCUT2D eigenvalue weighted by atomic mass is 10.2. The van der Waals surface area contributed by atoms with Crippen molar-refractivity contribution in [3.63, 3.8) is 0 Å². The van der Waals surface area contributed by atoms with Crippen molar-refractivity contribution >= 4 is 67.1 Å². The van der Waals surface area contributed by atoms with E-state index >= 15 is 0 Å². The zero-order chi connectivity index (χ0) is 13.1. The summed E-state index contributed by atoms with van der Waals surface area (Å²) in [4.78, 5) is 0.400. The Labute approximate surface area is 133 Å². The Morgan fingerprint density at radius 3 is 2.50 bits per heavy atom. The molecule has 2 nitrogen and oxygen atoms in total. The zero-order valence-corrected chi connectivity index (χ0v) is 13.8. The van der Waals surface area contributed by atoms with E-state index in [1.165, 1.54) is 3.57 Å². The molecule has 2 aromatic rings. The molecule has 0 aliphatic rings. The molecular weight excluding hydrogens is 423 g/mol. The maximum Gasteiger partial charge on any atom is 0.104 e. The van der Waals surface area contributed by atoms with Crippen LogP contribution in [0.1, 0.15) is 5.56 Å². The number of nitrogens with one attached hydrogen (secondary N) is 1. The largest absolute Gasteiger partial charge is 0.389 e. The van der Waals surface area contributed by atoms with Gasteiger partial charge in [0.15, 0.2) is 0 Å². The van der Waals surface area contributed by atoms with Gasteiger partial charge in [-0.3, -0.25) is 0 Å². The first-order chi connectivity index (χ1) is 8.58. The van der Waals surface area contributed by atoms with Gasteiger partial charge < -0.3 is 11.1 Å². The summed E-state index contributed by atoms with van der Waals surface area (Å²) in [6.45, 7) is 0. The highest BCUT2D eigenvalue weighted by atomic mass is 127. The van der Waals surface area contributed by atoms with E-state index in [1.807, 2.05) is 36.4 Å².